The minimum absolute atomic E-state index is 0.0744. The number of fused-ring (bicyclic) bond motifs is 1. The van der Waals surface area contributed by atoms with E-state index in [9.17, 15) is 18.0 Å². The molecule has 12 heteroatoms. The number of methoxy groups -OCH3 is 2. The zero-order chi connectivity index (χ0) is 29.3. The summed E-state index contributed by atoms with van der Waals surface area (Å²) in [6.07, 6.45) is 4.30. The first-order valence-corrected chi connectivity index (χ1v) is 13.0. The molecule has 0 radical (unpaired) electrons. The number of aromatic carboxylic acids is 1. The number of pyridine rings is 1. The first kappa shape index (κ1) is 28.2. The Labute approximate surface area is 232 Å². The molecule has 1 aliphatic rings. The number of hydrogen-bond donors (Lipinski definition) is 1. The Morgan fingerprint density at radius 2 is 1.68 bits per heavy atom. The second-order valence-electron chi connectivity index (χ2n) is 9.80. The second kappa shape index (κ2) is 11.6. The van der Waals surface area contributed by atoms with Crippen LogP contribution in [-0.4, -0.2) is 46.4 Å². The number of carboxylic acids is 1. The number of carboxylic acid groups (broad SMARTS) is 1. The minimum Gasteiger partial charge on any atom is -0.485 e. The Morgan fingerprint density at radius 3 is 2.32 bits per heavy atom. The van der Waals surface area contributed by atoms with Gasteiger partial charge in [0.05, 0.1) is 36.9 Å². The Balaban J connectivity index is 1.68. The van der Waals surface area contributed by atoms with Crippen molar-refractivity contribution in [2.45, 2.75) is 38.1 Å². The standard InChI is InChI=1S/C29H27F4N3O5/c1-39-23-11-8-17(28(34-23)40-2)27-35-25-21(10-9-18(30)24(25)33)36(27)22(15-6-4-3-5-7-15)14-41-26-19(31)12-16(29(37)38)13-20(26)32/h8-13,15,22H,3-7,14H2,1-2H3,(H,37,38). The quantitative estimate of drug-likeness (QED) is 0.226. The van der Waals surface area contributed by atoms with Gasteiger partial charge in [0.2, 0.25) is 11.8 Å². The molecule has 0 aliphatic heterocycles. The lowest BCUT2D eigenvalue weighted by molar-refractivity contribution is 0.0695. The minimum atomic E-state index is -1.49. The number of halogens is 4. The van der Waals surface area contributed by atoms with Crippen molar-refractivity contribution in [2.75, 3.05) is 20.8 Å². The zero-order valence-corrected chi connectivity index (χ0v) is 22.3. The van der Waals surface area contributed by atoms with Crippen LogP contribution in [0, 0.1) is 29.2 Å². The Kier molecular flexibility index (Phi) is 8.00. The van der Waals surface area contributed by atoms with Crippen LogP contribution in [0.15, 0.2) is 36.4 Å². The molecule has 1 N–H and O–H groups in total. The van der Waals surface area contributed by atoms with Crippen LogP contribution >= 0.6 is 0 Å². The SMILES string of the molecule is COc1ccc(-c2nc3c(F)c(F)ccc3n2C(COc2c(F)cc(C(=O)O)cc2F)C2CCCCC2)c(OC)n1. The van der Waals surface area contributed by atoms with E-state index < -0.39 is 46.6 Å². The van der Waals surface area contributed by atoms with Crippen molar-refractivity contribution in [1.82, 2.24) is 14.5 Å². The van der Waals surface area contributed by atoms with Crippen molar-refractivity contribution >= 4 is 17.0 Å². The highest BCUT2D eigenvalue weighted by Gasteiger charge is 2.32. The summed E-state index contributed by atoms with van der Waals surface area (Å²) in [6.45, 7) is -0.270. The van der Waals surface area contributed by atoms with Gasteiger partial charge in [0.1, 0.15) is 17.9 Å². The van der Waals surface area contributed by atoms with E-state index in [0.29, 0.717) is 17.7 Å². The van der Waals surface area contributed by atoms with Gasteiger partial charge in [-0.25, -0.2) is 27.3 Å². The molecule has 2 aromatic carbocycles. The molecule has 8 nitrogen and oxygen atoms in total. The Hall–Kier alpha value is -4.35. The number of carbonyl (C=O) groups is 1. The van der Waals surface area contributed by atoms with Crippen molar-refractivity contribution in [2.24, 2.45) is 5.92 Å². The highest BCUT2D eigenvalue weighted by atomic mass is 19.2. The molecular formula is C29H27F4N3O5. The molecule has 4 aromatic rings. The number of ether oxygens (including phenoxy) is 3. The van der Waals surface area contributed by atoms with Crippen LogP contribution in [0.4, 0.5) is 17.6 Å². The highest BCUT2D eigenvalue weighted by molar-refractivity contribution is 5.87. The monoisotopic (exact) mass is 573 g/mol. The van der Waals surface area contributed by atoms with Gasteiger partial charge < -0.3 is 23.9 Å². The molecule has 0 spiro atoms. The first-order valence-electron chi connectivity index (χ1n) is 13.0. The van der Waals surface area contributed by atoms with Crippen LogP contribution in [0.1, 0.15) is 48.5 Å². The third kappa shape index (κ3) is 5.38. The van der Waals surface area contributed by atoms with Crippen molar-refractivity contribution < 1.29 is 41.7 Å². The van der Waals surface area contributed by atoms with E-state index in [2.05, 4.69) is 9.97 Å². The molecule has 1 saturated carbocycles. The van der Waals surface area contributed by atoms with Gasteiger partial charge in [0.25, 0.3) is 0 Å². The van der Waals surface area contributed by atoms with Crippen LogP contribution in [-0.2, 0) is 0 Å². The highest BCUT2D eigenvalue weighted by Crippen LogP contribution is 2.41. The van der Waals surface area contributed by atoms with Gasteiger partial charge in [-0.1, -0.05) is 19.3 Å². The van der Waals surface area contributed by atoms with E-state index in [0.717, 1.165) is 38.2 Å². The largest absolute Gasteiger partial charge is 0.485 e. The van der Waals surface area contributed by atoms with Gasteiger partial charge in [0.15, 0.2) is 29.0 Å². The molecule has 216 valence electrons. The summed E-state index contributed by atoms with van der Waals surface area (Å²) in [4.78, 5) is 20.0. The lowest BCUT2D eigenvalue weighted by atomic mass is 9.83. The topological polar surface area (TPSA) is 95.7 Å². The van der Waals surface area contributed by atoms with Gasteiger partial charge in [0, 0.05) is 6.07 Å². The predicted octanol–water partition coefficient (Wildman–Crippen LogP) is 6.57. The zero-order valence-electron chi connectivity index (χ0n) is 22.3. The summed E-state index contributed by atoms with van der Waals surface area (Å²) < 4.78 is 77.0. The molecule has 2 heterocycles. The summed E-state index contributed by atoms with van der Waals surface area (Å²) in [5, 5.41) is 9.13. The van der Waals surface area contributed by atoms with Crippen LogP contribution < -0.4 is 14.2 Å². The normalized spacial score (nSPS) is 14.7. The fourth-order valence-corrected chi connectivity index (χ4v) is 5.42. The maximum Gasteiger partial charge on any atom is 0.335 e. The van der Waals surface area contributed by atoms with Crippen molar-refractivity contribution in [1.29, 1.82) is 0 Å². The lowest BCUT2D eigenvalue weighted by Gasteiger charge is -2.33. The lowest BCUT2D eigenvalue weighted by Crippen LogP contribution is -2.28. The van der Waals surface area contributed by atoms with Gasteiger partial charge in [-0.2, -0.15) is 4.98 Å². The average molecular weight is 574 g/mol. The fraction of sp³-hybridized carbons (Fsp3) is 0.345. The third-order valence-corrected chi connectivity index (χ3v) is 7.40. The molecule has 1 fully saturated rings. The molecule has 0 bridgehead atoms. The molecule has 2 aromatic heterocycles. The Bertz CT molecular complexity index is 1580. The van der Waals surface area contributed by atoms with Crippen molar-refractivity contribution in [3.63, 3.8) is 0 Å². The molecular weight excluding hydrogens is 546 g/mol. The van der Waals surface area contributed by atoms with E-state index in [1.807, 2.05) is 0 Å². The van der Waals surface area contributed by atoms with Gasteiger partial charge in [-0.15, -0.1) is 0 Å². The number of rotatable bonds is 9. The van der Waals surface area contributed by atoms with E-state index in [-0.39, 0.29) is 41.1 Å². The molecule has 1 atom stereocenters. The fourth-order valence-electron chi connectivity index (χ4n) is 5.42. The number of aromatic nitrogens is 3. The number of benzene rings is 2. The number of hydrogen-bond acceptors (Lipinski definition) is 6. The van der Waals surface area contributed by atoms with Crippen LogP contribution in [0.25, 0.3) is 22.4 Å². The summed E-state index contributed by atoms with van der Waals surface area (Å²) in [5.74, 6) is -6.30. The van der Waals surface area contributed by atoms with Crippen LogP contribution in [0.3, 0.4) is 0 Å². The Morgan fingerprint density at radius 1 is 0.976 bits per heavy atom. The van der Waals surface area contributed by atoms with Gasteiger partial charge >= 0.3 is 5.97 Å². The molecule has 0 amide bonds. The molecule has 0 saturated heterocycles. The summed E-state index contributed by atoms with van der Waals surface area (Å²) in [6, 6.07) is 6.31. The predicted molar refractivity (Wildman–Crippen MR) is 140 cm³/mol. The smallest absolute Gasteiger partial charge is 0.335 e. The summed E-state index contributed by atoms with van der Waals surface area (Å²) in [7, 11) is 2.83. The maximum atomic E-state index is 15.1. The molecule has 1 aliphatic carbocycles. The van der Waals surface area contributed by atoms with E-state index in [4.69, 9.17) is 19.3 Å². The van der Waals surface area contributed by atoms with Crippen molar-refractivity contribution in [3.8, 4) is 28.9 Å². The number of imidazole rings is 1. The van der Waals surface area contributed by atoms with Gasteiger partial charge in [-0.3, -0.25) is 0 Å². The summed E-state index contributed by atoms with van der Waals surface area (Å²) >= 11 is 0. The second-order valence-corrected chi connectivity index (χ2v) is 9.80. The molecule has 5 rings (SSSR count). The van der Waals surface area contributed by atoms with E-state index >= 15 is 4.39 Å². The summed E-state index contributed by atoms with van der Waals surface area (Å²) in [5.41, 5.74) is -0.191. The number of nitrogens with zero attached hydrogens (tertiary/aromatic N) is 3. The van der Waals surface area contributed by atoms with Crippen LogP contribution in [0.5, 0.6) is 17.5 Å². The average Bonchev–Trinajstić information content (AvgIpc) is 3.36. The van der Waals surface area contributed by atoms with E-state index in [1.54, 1.807) is 16.7 Å². The van der Waals surface area contributed by atoms with E-state index in [1.165, 1.54) is 20.3 Å². The maximum absolute atomic E-state index is 15.1. The van der Waals surface area contributed by atoms with Crippen molar-refractivity contribution in [3.05, 3.63) is 65.2 Å². The molecule has 1 unspecified atom stereocenters. The molecule has 41 heavy (non-hydrogen) atoms. The first-order chi connectivity index (χ1) is 19.7. The third-order valence-electron chi connectivity index (χ3n) is 7.40. The van der Waals surface area contributed by atoms with Crippen LogP contribution in [0.2, 0.25) is 0 Å². The van der Waals surface area contributed by atoms with Gasteiger partial charge in [-0.05, 0) is 49.1 Å².